The minimum atomic E-state index is -0.0732. The average Bonchev–Trinajstić information content (AvgIpc) is 3.51. The van der Waals surface area contributed by atoms with Gasteiger partial charge in [0.25, 0.3) is 0 Å². The summed E-state index contributed by atoms with van der Waals surface area (Å²) in [5, 5.41) is 2.26. The molecular formula is C39H29NO. The molecule has 0 saturated carbocycles. The number of hydrogen-bond acceptors (Lipinski definition) is 2. The normalized spacial score (nSPS) is 14.2. The van der Waals surface area contributed by atoms with Crippen molar-refractivity contribution in [2.75, 3.05) is 0 Å². The van der Waals surface area contributed by atoms with Crippen LogP contribution >= 0.6 is 0 Å². The Balaban J connectivity index is 1.36. The molecule has 1 unspecified atom stereocenters. The van der Waals surface area contributed by atoms with Crippen molar-refractivity contribution < 1.29 is 4.42 Å². The molecule has 0 fully saturated rings. The van der Waals surface area contributed by atoms with Gasteiger partial charge in [0.2, 0.25) is 0 Å². The molecule has 1 atom stereocenters. The fraction of sp³-hybridized carbons (Fsp3) is 0.103. The van der Waals surface area contributed by atoms with Crippen LogP contribution in [0.25, 0.3) is 44.2 Å². The van der Waals surface area contributed by atoms with Crippen LogP contribution in [0.2, 0.25) is 0 Å². The third-order valence-corrected chi connectivity index (χ3v) is 8.92. The maximum atomic E-state index is 6.28. The van der Waals surface area contributed by atoms with Gasteiger partial charge in [-0.15, -0.1) is 0 Å². The lowest BCUT2D eigenvalue weighted by atomic mass is 9.78. The highest BCUT2D eigenvalue weighted by Crippen LogP contribution is 2.50. The molecule has 196 valence electrons. The van der Waals surface area contributed by atoms with Gasteiger partial charge < -0.3 is 4.42 Å². The van der Waals surface area contributed by atoms with Crippen LogP contribution in [0.1, 0.15) is 47.6 Å². The number of fused-ring (bicyclic) bond motifs is 6. The molecule has 1 aliphatic carbocycles. The minimum absolute atomic E-state index is 0.0122. The first kappa shape index (κ1) is 23.9. The number of benzene rings is 5. The van der Waals surface area contributed by atoms with Crippen LogP contribution in [0.15, 0.2) is 138 Å². The van der Waals surface area contributed by atoms with E-state index in [-0.39, 0.29) is 11.3 Å². The van der Waals surface area contributed by atoms with Gasteiger partial charge in [0, 0.05) is 28.3 Å². The highest BCUT2D eigenvalue weighted by atomic mass is 16.3. The lowest BCUT2D eigenvalue weighted by Crippen LogP contribution is -2.16. The van der Waals surface area contributed by atoms with Gasteiger partial charge >= 0.3 is 0 Å². The Bertz CT molecular complexity index is 2070. The van der Waals surface area contributed by atoms with Crippen molar-refractivity contribution >= 4 is 21.9 Å². The molecule has 2 aromatic heterocycles. The van der Waals surface area contributed by atoms with E-state index in [2.05, 4.69) is 128 Å². The summed E-state index contributed by atoms with van der Waals surface area (Å²) in [6.45, 7) is 4.69. The Kier molecular flexibility index (Phi) is 5.27. The molecule has 0 N–H and O–H groups in total. The highest BCUT2D eigenvalue weighted by Gasteiger charge is 2.36. The number of hydrogen-bond donors (Lipinski definition) is 0. The SMILES string of the molecule is CC1(C)c2ccccc2-c2ccc(C(c3ccc(-c4ccccc4)cc3)c3cncc4oc5ccccc5c34)cc21. The zero-order chi connectivity index (χ0) is 27.6. The van der Waals surface area contributed by atoms with Gasteiger partial charge in [-0.1, -0.05) is 129 Å². The van der Waals surface area contributed by atoms with Crippen LogP contribution in [0, 0.1) is 0 Å². The van der Waals surface area contributed by atoms with E-state index in [4.69, 9.17) is 4.42 Å². The summed E-state index contributed by atoms with van der Waals surface area (Å²) in [4.78, 5) is 4.68. The number of aromatic nitrogens is 1. The van der Waals surface area contributed by atoms with Crippen LogP contribution < -0.4 is 0 Å². The third kappa shape index (κ3) is 3.68. The number of nitrogens with zero attached hydrogens (tertiary/aromatic N) is 1. The predicted octanol–water partition coefficient (Wildman–Crippen LogP) is 10.1. The quantitative estimate of drug-likeness (QED) is 0.228. The van der Waals surface area contributed by atoms with Crippen molar-refractivity contribution in [1.29, 1.82) is 0 Å². The first-order valence-electron chi connectivity index (χ1n) is 14.2. The molecule has 0 spiro atoms. The summed E-state index contributed by atoms with van der Waals surface area (Å²) in [6, 6.07) is 43.8. The monoisotopic (exact) mass is 527 g/mol. The number of pyridine rings is 1. The maximum absolute atomic E-state index is 6.28. The number of para-hydroxylation sites is 1. The van der Waals surface area contributed by atoms with Crippen molar-refractivity contribution in [2.45, 2.75) is 25.2 Å². The Hall–Kier alpha value is -4.95. The van der Waals surface area contributed by atoms with E-state index in [1.807, 2.05) is 24.5 Å². The van der Waals surface area contributed by atoms with Gasteiger partial charge in [0.05, 0.1) is 6.20 Å². The van der Waals surface area contributed by atoms with E-state index in [9.17, 15) is 0 Å². The molecule has 1 aliphatic rings. The second-order valence-corrected chi connectivity index (χ2v) is 11.6. The van der Waals surface area contributed by atoms with Crippen LogP contribution in [0.5, 0.6) is 0 Å². The van der Waals surface area contributed by atoms with Crippen LogP contribution in [-0.4, -0.2) is 4.98 Å². The average molecular weight is 528 g/mol. The number of furan rings is 1. The molecule has 0 aliphatic heterocycles. The standard InChI is InChI=1S/C39H29NO/c1-39(2)33-14-8-6-12-29(33)30-21-20-28(22-34(30)39)37(27-18-16-26(17-19-27)25-10-4-3-5-11-25)32-23-40-24-36-38(32)31-13-7-9-15-35(31)41-36/h3-24,37H,1-2H3. The molecule has 2 nitrogen and oxygen atoms in total. The van der Waals surface area contributed by atoms with Gasteiger partial charge in [-0.05, 0) is 56.1 Å². The molecule has 41 heavy (non-hydrogen) atoms. The smallest absolute Gasteiger partial charge is 0.154 e. The van der Waals surface area contributed by atoms with Crippen LogP contribution in [-0.2, 0) is 5.41 Å². The van der Waals surface area contributed by atoms with E-state index in [1.54, 1.807) is 0 Å². The third-order valence-electron chi connectivity index (χ3n) is 8.92. The highest BCUT2D eigenvalue weighted by molar-refractivity contribution is 6.07. The topological polar surface area (TPSA) is 26.0 Å². The molecule has 5 aromatic carbocycles. The van der Waals surface area contributed by atoms with Gasteiger partial charge in [-0.2, -0.15) is 0 Å². The van der Waals surface area contributed by atoms with Gasteiger partial charge in [0.15, 0.2) is 5.58 Å². The fourth-order valence-corrected chi connectivity index (χ4v) is 6.87. The van der Waals surface area contributed by atoms with Crippen LogP contribution in [0.3, 0.4) is 0 Å². The van der Waals surface area contributed by atoms with Crippen molar-refractivity contribution in [3.63, 3.8) is 0 Å². The van der Waals surface area contributed by atoms with Crippen molar-refractivity contribution in [3.05, 3.63) is 162 Å². The van der Waals surface area contributed by atoms with Crippen LogP contribution in [0.4, 0.5) is 0 Å². The van der Waals surface area contributed by atoms with E-state index >= 15 is 0 Å². The van der Waals surface area contributed by atoms with Crippen molar-refractivity contribution in [2.24, 2.45) is 0 Å². The Morgan fingerprint density at radius 2 is 1.27 bits per heavy atom. The largest absolute Gasteiger partial charge is 0.454 e. The lowest BCUT2D eigenvalue weighted by Gasteiger charge is -2.25. The summed E-state index contributed by atoms with van der Waals surface area (Å²) >= 11 is 0. The summed E-state index contributed by atoms with van der Waals surface area (Å²) in [6.07, 6.45) is 3.88. The van der Waals surface area contributed by atoms with Gasteiger partial charge in [-0.3, -0.25) is 4.98 Å². The first-order valence-corrected chi connectivity index (χ1v) is 14.2. The van der Waals surface area contributed by atoms with E-state index in [0.29, 0.717) is 0 Å². The van der Waals surface area contributed by atoms with E-state index in [1.165, 1.54) is 44.5 Å². The Labute approximate surface area is 239 Å². The number of rotatable bonds is 4. The lowest BCUT2D eigenvalue weighted by molar-refractivity contribution is 0.658. The molecule has 2 heteroatoms. The second-order valence-electron chi connectivity index (χ2n) is 11.6. The second kappa shape index (κ2) is 9.04. The molecular weight excluding hydrogens is 498 g/mol. The zero-order valence-corrected chi connectivity index (χ0v) is 23.1. The van der Waals surface area contributed by atoms with E-state index in [0.717, 1.165) is 27.5 Å². The molecule has 2 heterocycles. The summed E-state index contributed by atoms with van der Waals surface area (Å²) in [5.41, 5.74) is 13.2. The predicted molar refractivity (Wildman–Crippen MR) is 168 cm³/mol. The zero-order valence-electron chi connectivity index (χ0n) is 23.1. The Morgan fingerprint density at radius 1 is 0.585 bits per heavy atom. The minimum Gasteiger partial charge on any atom is -0.454 e. The van der Waals surface area contributed by atoms with Gasteiger partial charge in [0.1, 0.15) is 5.58 Å². The Morgan fingerprint density at radius 3 is 2.12 bits per heavy atom. The van der Waals surface area contributed by atoms with E-state index < -0.39 is 0 Å². The molecule has 0 radical (unpaired) electrons. The molecule has 0 bridgehead atoms. The summed E-state index contributed by atoms with van der Waals surface area (Å²) in [7, 11) is 0. The summed E-state index contributed by atoms with van der Waals surface area (Å²) in [5.74, 6) is -0.0122. The molecule has 7 aromatic rings. The van der Waals surface area contributed by atoms with Gasteiger partial charge in [-0.25, -0.2) is 0 Å². The van der Waals surface area contributed by atoms with Crippen molar-refractivity contribution in [1.82, 2.24) is 4.98 Å². The first-order chi connectivity index (χ1) is 20.1. The summed E-state index contributed by atoms with van der Waals surface area (Å²) < 4.78 is 6.28. The van der Waals surface area contributed by atoms with Crippen molar-refractivity contribution in [3.8, 4) is 22.3 Å². The fourth-order valence-electron chi connectivity index (χ4n) is 6.87. The molecule has 0 amide bonds. The molecule has 0 saturated heterocycles. The maximum Gasteiger partial charge on any atom is 0.154 e. The molecule has 8 rings (SSSR count).